The van der Waals surface area contributed by atoms with Gasteiger partial charge in [0, 0.05) is 12.6 Å². The quantitative estimate of drug-likeness (QED) is 0.451. The van der Waals surface area contributed by atoms with Gasteiger partial charge in [-0.1, -0.05) is 17.7 Å². The van der Waals surface area contributed by atoms with Crippen molar-refractivity contribution in [1.82, 2.24) is 4.90 Å². The lowest BCUT2D eigenvalue weighted by Gasteiger charge is -2.20. The number of hydrogen-bond acceptors (Lipinski definition) is 4. The first kappa shape index (κ1) is 16.7. The Morgan fingerprint density at radius 2 is 2.10 bits per heavy atom. The molecule has 0 radical (unpaired) electrons. The summed E-state index contributed by atoms with van der Waals surface area (Å²) >= 11 is 5.85. The fourth-order valence-corrected chi connectivity index (χ4v) is 2.05. The van der Waals surface area contributed by atoms with Gasteiger partial charge >= 0.3 is 5.69 Å². The van der Waals surface area contributed by atoms with Gasteiger partial charge in [-0.05, 0) is 52.4 Å². The van der Waals surface area contributed by atoms with Crippen molar-refractivity contribution in [2.45, 2.75) is 32.7 Å². The van der Waals surface area contributed by atoms with E-state index in [9.17, 15) is 10.1 Å². The van der Waals surface area contributed by atoms with Crippen LogP contribution in [0.15, 0.2) is 18.2 Å². The number of halogens is 1. The molecule has 0 spiro atoms. The van der Waals surface area contributed by atoms with Crippen molar-refractivity contribution in [2.24, 2.45) is 0 Å². The maximum absolute atomic E-state index is 11.0. The molecule has 1 aromatic carbocycles. The van der Waals surface area contributed by atoms with E-state index in [4.69, 9.17) is 11.6 Å². The van der Waals surface area contributed by atoms with Crippen LogP contribution in [0, 0.1) is 10.1 Å². The Bertz CT molecular complexity index is 452. The van der Waals surface area contributed by atoms with E-state index in [-0.39, 0.29) is 10.7 Å². The summed E-state index contributed by atoms with van der Waals surface area (Å²) < 4.78 is 0. The predicted octanol–water partition coefficient (Wildman–Crippen LogP) is 3.78. The second-order valence-corrected chi connectivity index (χ2v) is 5.51. The number of nitrogens with zero attached hydrogens (tertiary/aromatic N) is 2. The van der Waals surface area contributed by atoms with Crippen molar-refractivity contribution >= 4 is 23.0 Å². The number of hydrogen-bond donors (Lipinski definition) is 1. The van der Waals surface area contributed by atoms with E-state index < -0.39 is 4.92 Å². The van der Waals surface area contributed by atoms with Crippen LogP contribution in [0.25, 0.3) is 0 Å². The van der Waals surface area contributed by atoms with Crippen molar-refractivity contribution in [3.05, 3.63) is 33.3 Å². The van der Waals surface area contributed by atoms with Gasteiger partial charge in [-0.25, -0.2) is 0 Å². The van der Waals surface area contributed by atoms with Crippen LogP contribution >= 0.6 is 11.6 Å². The molecule has 0 amide bonds. The first-order valence-electron chi connectivity index (χ1n) is 6.80. The van der Waals surface area contributed by atoms with Crippen molar-refractivity contribution in [3.63, 3.8) is 0 Å². The SMILES string of the molecule is CC(C)N(C)CCCCNc1cccc(Cl)c1[N+](=O)[O-]. The largest absolute Gasteiger partial charge is 0.379 e. The van der Waals surface area contributed by atoms with Gasteiger partial charge in [0.1, 0.15) is 10.7 Å². The maximum Gasteiger partial charge on any atom is 0.310 e. The van der Waals surface area contributed by atoms with E-state index in [2.05, 4.69) is 31.1 Å². The van der Waals surface area contributed by atoms with Gasteiger partial charge in [0.05, 0.1) is 4.92 Å². The Kier molecular flexibility index (Phi) is 6.75. The highest BCUT2D eigenvalue weighted by atomic mass is 35.5. The molecule has 0 saturated carbocycles. The predicted molar refractivity (Wildman–Crippen MR) is 83.6 cm³/mol. The van der Waals surface area contributed by atoms with Crippen LogP contribution in [0.5, 0.6) is 0 Å². The Morgan fingerprint density at radius 1 is 1.40 bits per heavy atom. The molecule has 0 unspecified atom stereocenters. The molecule has 0 aliphatic rings. The molecular formula is C14H22ClN3O2. The minimum absolute atomic E-state index is 0.0477. The second kappa shape index (κ2) is 8.07. The fourth-order valence-electron chi connectivity index (χ4n) is 1.81. The third-order valence-electron chi connectivity index (χ3n) is 3.30. The van der Waals surface area contributed by atoms with Gasteiger partial charge in [0.25, 0.3) is 0 Å². The fraction of sp³-hybridized carbons (Fsp3) is 0.571. The number of nitro groups is 1. The maximum atomic E-state index is 11.0. The monoisotopic (exact) mass is 299 g/mol. The average Bonchev–Trinajstić information content (AvgIpc) is 2.37. The molecule has 0 fully saturated rings. The Hall–Kier alpha value is -1.33. The smallest absolute Gasteiger partial charge is 0.310 e. The first-order valence-corrected chi connectivity index (χ1v) is 7.18. The molecule has 5 nitrogen and oxygen atoms in total. The van der Waals surface area contributed by atoms with Gasteiger partial charge in [0.15, 0.2) is 0 Å². The lowest BCUT2D eigenvalue weighted by atomic mass is 10.2. The average molecular weight is 300 g/mol. The number of nitro benzene ring substituents is 1. The van der Waals surface area contributed by atoms with E-state index in [1.54, 1.807) is 12.1 Å². The number of nitrogens with one attached hydrogen (secondary N) is 1. The van der Waals surface area contributed by atoms with E-state index in [1.165, 1.54) is 6.07 Å². The Labute approximate surface area is 125 Å². The van der Waals surface area contributed by atoms with Crippen molar-refractivity contribution < 1.29 is 4.92 Å². The van der Waals surface area contributed by atoms with Gasteiger partial charge in [-0.2, -0.15) is 0 Å². The standard InChI is InChI=1S/C14H22ClN3O2/c1-11(2)17(3)10-5-4-9-16-13-8-6-7-12(15)14(13)18(19)20/h6-8,11,16H,4-5,9-10H2,1-3H3. The molecule has 0 heterocycles. The topological polar surface area (TPSA) is 58.4 Å². The summed E-state index contributed by atoms with van der Waals surface area (Å²) in [6.45, 7) is 6.05. The summed E-state index contributed by atoms with van der Waals surface area (Å²) in [5.74, 6) is 0. The second-order valence-electron chi connectivity index (χ2n) is 5.10. The number of unbranched alkanes of at least 4 members (excludes halogenated alkanes) is 1. The molecular weight excluding hydrogens is 278 g/mol. The molecule has 1 N–H and O–H groups in total. The summed E-state index contributed by atoms with van der Waals surface area (Å²) in [5, 5.41) is 14.2. The normalized spacial score (nSPS) is 11.1. The highest BCUT2D eigenvalue weighted by Gasteiger charge is 2.17. The van der Waals surface area contributed by atoms with Crippen LogP contribution in [0.4, 0.5) is 11.4 Å². The Morgan fingerprint density at radius 3 is 2.70 bits per heavy atom. The third kappa shape index (κ3) is 4.98. The molecule has 0 aromatic heterocycles. The summed E-state index contributed by atoms with van der Waals surface area (Å²) in [4.78, 5) is 12.8. The Balaban J connectivity index is 2.43. The molecule has 0 saturated heterocycles. The molecule has 1 rings (SSSR count). The molecule has 6 heteroatoms. The number of para-hydroxylation sites is 1. The highest BCUT2D eigenvalue weighted by Crippen LogP contribution is 2.32. The van der Waals surface area contributed by atoms with Crippen LogP contribution in [0.1, 0.15) is 26.7 Å². The molecule has 0 aliphatic heterocycles. The van der Waals surface area contributed by atoms with Crippen molar-refractivity contribution in [1.29, 1.82) is 0 Å². The highest BCUT2D eigenvalue weighted by molar-refractivity contribution is 6.33. The summed E-state index contributed by atoms with van der Waals surface area (Å²) in [6, 6.07) is 5.47. The van der Waals surface area contributed by atoms with Crippen molar-refractivity contribution in [3.8, 4) is 0 Å². The lowest BCUT2D eigenvalue weighted by molar-refractivity contribution is -0.383. The first-order chi connectivity index (χ1) is 9.43. The zero-order chi connectivity index (χ0) is 15.1. The summed E-state index contributed by atoms with van der Waals surface area (Å²) in [7, 11) is 2.10. The van der Waals surface area contributed by atoms with Gasteiger partial charge in [-0.15, -0.1) is 0 Å². The minimum atomic E-state index is -0.447. The molecule has 20 heavy (non-hydrogen) atoms. The summed E-state index contributed by atoms with van der Waals surface area (Å²) in [6.07, 6.45) is 2.01. The molecule has 0 atom stereocenters. The molecule has 0 aliphatic carbocycles. The number of benzene rings is 1. The zero-order valence-corrected chi connectivity index (χ0v) is 13.0. The number of anilines is 1. The van der Waals surface area contributed by atoms with Crippen LogP contribution in [-0.2, 0) is 0 Å². The minimum Gasteiger partial charge on any atom is -0.379 e. The van der Waals surface area contributed by atoms with E-state index in [0.29, 0.717) is 18.3 Å². The van der Waals surface area contributed by atoms with Crippen molar-refractivity contribution in [2.75, 3.05) is 25.5 Å². The lowest BCUT2D eigenvalue weighted by Crippen LogP contribution is -2.27. The van der Waals surface area contributed by atoms with Gasteiger partial charge < -0.3 is 10.2 Å². The summed E-state index contributed by atoms with van der Waals surface area (Å²) in [5.41, 5.74) is 0.438. The van der Waals surface area contributed by atoms with Crippen LogP contribution in [-0.4, -0.2) is 36.0 Å². The van der Waals surface area contributed by atoms with Crippen LogP contribution in [0.3, 0.4) is 0 Å². The third-order valence-corrected chi connectivity index (χ3v) is 3.61. The molecule has 0 bridgehead atoms. The van der Waals surface area contributed by atoms with Gasteiger partial charge in [0.2, 0.25) is 0 Å². The molecule has 112 valence electrons. The van der Waals surface area contributed by atoms with Crippen LogP contribution in [0.2, 0.25) is 5.02 Å². The van der Waals surface area contributed by atoms with E-state index in [0.717, 1.165) is 19.4 Å². The molecule has 1 aromatic rings. The van der Waals surface area contributed by atoms with E-state index >= 15 is 0 Å². The van der Waals surface area contributed by atoms with Crippen LogP contribution < -0.4 is 5.32 Å². The zero-order valence-electron chi connectivity index (χ0n) is 12.2. The van der Waals surface area contributed by atoms with Gasteiger partial charge in [-0.3, -0.25) is 10.1 Å². The number of rotatable bonds is 8. The van der Waals surface area contributed by atoms with E-state index in [1.807, 2.05) is 0 Å².